The maximum atomic E-state index is 10.9. The monoisotopic (exact) mass is 256 g/mol. The molecule has 0 atom stereocenters. The second-order valence-electron chi connectivity index (χ2n) is 4.45. The van der Waals surface area contributed by atoms with Crippen molar-refractivity contribution in [3.63, 3.8) is 0 Å². The maximum Gasteiger partial charge on any atom is 0.335 e. The minimum atomic E-state index is -0.915. The van der Waals surface area contributed by atoms with E-state index in [0.717, 1.165) is 22.4 Å². The molecule has 2 aromatic heterocycles. The minimum Gasteiger partial charge on any atom is -0.478 e. The van der Waals surface area contributed by atoms with Crippen molar-refractivity contribution in [1.29, 1.82) is 0 Å². The number of hydrogen-bond acceptors (Lipinski definition) is 3. The number of rotatable bonds is 3. The third kappa shape index (κ3) is 2.10. The van der Waals surface area contributed by atoms with Gasteiger partial charge < -0.3 is 14.2 Å². The Bertz CT molecular complexity index is 755. The summed E-state index contributed by atoms with van der Waals surface area (Å²) in [5, 5.41) is 13.8. The summed E-state index contributed by atoms with van der Waals surface area (Å²) in [6, 6.07) is 8.87. The highest BCUT2D eigenvalue weighted by molar-refractivity contribution is 5.93. The van der Waals surface area contributed by atoms with Gasteiger partial charge in [-0.05, 0) is 31.2 Å². The molecule has 0 aliphatic rings. The molecule has 0 bridgehead atoms. The van der Waals surface area contributed by atoms with Crippen molar-refractivity contribution < 1.29 is 14.4 Å². The van der Waals surface area contributed by atoms with Gasteiger partial charge in [-0.2, -0.15) is 0 Å². The van der Waals surface area contributed by atoms with Crippen LogP contribution >= 0.6 is 0 Å². The van der Waals surface area contributed by atoms with Crippen LogP contribution in [0.4, 0.5) is 0 Å². The van der Waals surface area contributed by atoms with Gasteiger partial charge in [-0.15, -0.1) is 0 Å². The highest BCUT2D eigenvalue weighted by Gasteiger charge is 2.08. The molecule has 3 aromatic rings. The number of benzene rings is 1. The normalized spacial score (nSPS) is 11.0. The summed E-state index contributed by atoms with van der Waals surface area (Å²) >= 11 is 0. The van der Waals surface area contributed by atoms with E-state index in [-0.39, 0.29) is 0 Å². The first-order chi connectivity index (χ1) is 9.13. The molecule has 0 aliphatic heterocycles. The number of carboxylic acids is 1. The number of nitrogens with zero attached hydrogens (tertiary/aromatic N) is 2. The van der Waals surface area contributed by atoms with Crippen molar-refractivity contribution >= 4 is 16.9 Å². The van der Waals surface area contributed by atoms with Gasteiger partial charge in [0.15, 0.2) is 0 Å². The molecule has 1 aromatic carbocycles. The molecule has 0 aliphatic carbocycles. The summed E-state index contributed by atoms with van der Waals surface area (Å²) < 4.78 is 7.05. The fraction of sp³-hybridized carbons (Fsp3) is 0.143. The van der Waals surface area contributed by atoms with Gasteiger partial charge in [0.05, 0.1) is 12.1 Å². The molecule has 3 rings (SSSR count). The average Bonchev–Trinajstić information content (AvgIpc) is 2.96. The zero-order chi connectivity index (χ0) is 13.4. The number of aromatic nitrogens is 2. The van der Waals surface area contributed by atoms with Gasteiger partial charge in [0, 0.05) is 23.2 Å². The average molecular weight is 256 g/mol. The van der Waals surface area contributed by atoms with E-state index in [1.807, 2.05) is 35.9 Å². The van der Waals surface area contributed by atoms with Crippen molar-refractivity contribution in [2.45, 2.75) is 13.5 Å². The molecule has 0 saturated carbocycles. The number of carboxylic acid groups (broad SMARTS) is 1. The Morgan fingerprint density at radius 1 is 1.37 bits per heavy atom. The van der Waals surface area contributed by atoms with Crippen LogP contribution in [0.2, 0.25) is 0 Å². The first-order valence-electron chi connectivity index (χ1n) is 5.88. The maximum absolute atomic E-state index is 10.9. The molecule has 0 amide bonds. The van der Waals surface area contributed by atoms with E-state index < -0.39 is 5.97 Å². The molecular formula is C14H12N2O3. The third-order valence-electron chi connectivity index (χ3n) is 3.03. The highest BCUT2D eigenvalue weighted by atomic mass is 16.5. The lowest BCUT2D eigenvalue weighted by Crippen LogP contribution is -1.99. The molecule has 2 heterocycles. The zero-order valence-corrected chi connectivity index (χ0v) is 10.3. The van der Waals surface area contributed by atoms with Crippen LogP contribution in [0.15, 0.2) is 41.1 Å². The van der Waals surface area contributed by atoms with E-state index in [1.165, 1.54) is 0 Å². The second-order valence-corrected chi connectivity index (χ2v) is 4.45. The minimum absolute atomic E-state index is 0.294. The summed E-state index contributed by atoms with van der Waals surface area (Å²) in [6.07, 6.45) is 1.92. The smallest absolute Gasteiger partial charge is 0.335 e. The second kappa shape index (κ2) is 4.28. The fourth-order valence-corrected chi connectivity index (χ4v) is 2.14. The molecule has 0 saturated heterocycles. The van der Waals surface area contributed by atoms with Gasteiger partial charge in [0.1, 0.15) is 11.5 Å². The first-order valence-corrected chi connectivity index (χ1v) is 5.88. The summed E-state index contributed by atoms with van der Waals surface area (Å²) in [4.78, 5) is 10.9. The van der Waals surface area contributed by atoms with Gasteiger partial charge >= 0.3 is 5.97 Å². The fourth-order valence-electron chi connectivity index (χ4n) is 2.14. The summed E-state index contributed by atoms with van der Waals surface area (Å²) in [5.74, 6) is -0.138. The topological polar surface area (TPSA) is 68.3 Å². The molecule has 96 valence electrons. The number of aromatic carboxylic acids is 1. The van der Waals surface area contributed by atoms with E-state index >= 15 is 0 Å². The first kappa shape index (κ1) is 11.5. The van der Waals surface area contributed by atoms with E-state index in [1.54, 1.807) is 12.1 Å². The Labute approximate surface area is 109 Å². The van der Waals surface area contributed by atoms with Crippen LogP contribution in [-0.2, 0) is 6.54 Å². The van der Waals surface area contributed by atoms with Crippen molar-refractivity contribution in [1.82, 2.24) is 9.72 Å². The molecular weight excluding hydrogens is 244 g/mol. The molecule has 5 nitrogen and oxygen atoms in total. The number of aryl methyl sites for hydroxylation is 1. The molecule has 0 unspecified atom stereocenters. The standard InChI is InChI=1S/C14H12N2O3/c1-9-6-12(15-19-9)8-16-5-4-10-7-11(14(17)18)2-3-13(10)16/h2-7H,8H2,1H3,(H,17,18). The quantitative estimate of drug-likeness (QED) is 0.782. The van der Waals surface area contributed by atoms with E-state index in [9.17, 15) is 4.79 Å². The predicted molar refractivity (Wildman–Crippen MR) is 69.2 cm³/mol. The van der Waals surface area contributed by atoms with Crippen LogP contribution in [0, 0.1) is 6.92 Å². The Morgan fingerprint density at radius 2 is 2.21 bits per heavy atom. The van der Waals surface area contributed by atoms with Gasteiger partial charge in [-0.1, -0.05) is 5.16 Å². The lowest BCUT2D eigenvalue weighted by atomic mass is 10.1. The lowest BCUT2D eigenvalue weighted by Gasteiger charge is -2.02. The number of fused-ring (bicyclic) bond motifs is 1. The molecule has 0 radical (unpaired) electrons. The lowest BCUT2D eigenvalue weighted by molar-refractivity contribution is 0.0697. The van der Waals surface area contributed by atoms with Crippen molar-refractivity contribution in [3.8, 4) is 0 Å². The predicted octanol–water partition coefficient (Wildman–Crippen LogP) is 2.68. The van der Waals surface area contributed by atoms with Crippen LogP contribution in [-0.4, -0.2) is 20.8 Å². The van der Waals surface area contributed by atoms with Crippen LogP contribution in [0.1, 0.15) is 21.8 Å². The van der Waals surface area contributed by atoms with Crippen molar-refractivity contribution in [2.75, 3.05) is 0 Å². The molecule has 5 heteroatoms. The van der Waals surface area contributed by atoms with Crippen molar-refractivity contribution in [3.05, 3.63) is 53.5 Å². The van der Waals surface area contributed by atoms with Crippen LogP contribution in [0.25, 0.3) is 10.9 Å². The summed E-state index contributed by atoms with van der Waals surface area (Å²) in [7, 11) is 0. The van der Waals surface area contributed by atoms with E-state index in [4.69, 9.17) is 9.63 Å². The molecule has 19 heavy (non-hydrogen) atoms. The van der Waals surface area contributed by atoms with Gasteiger partial charge in [0.2, 0.25) is 0 Å². The molecule has 0 fully saturated rings. The number of carbonyl (C=O) groups is 1. The van der Waals surface area contributed by atoms with Crippen LogP contribution < -0.4 is 0 Å². The van der Waals surface area contributed by atoms with Crippen molar-refractivity contribution in [2.24, 2.45) is 0 Å². The van der Waals surface area contributed by atoms with Crippen LogP contribution in [0.3, 0.4) is 0 Å². The Hall–Kier alpha value is -2.56. The highest BCUT2D eigenvalue weighted by Crippen LogP contribution is 2.19. The van der Waals surface area contributed by atoms with Gasteiger partial charge in [0.25, 0.3) is 0 Å². The SMILES string of the molecule is Cc1cc(Cn2ccc3cc(C(=O)O)ccc32)no1. The number of hydrogen-bond donors (Lipinski definition) is 1. The van der Waals surface area contributed by atoms with E-state index in [2.05, 4.69) is 5.16 Å². The third-order valence-corrected chi connectivity index (χ3v) is 3.03. The Balaban J connectivity index is 1.99. The van der Waals surface area contributed by atoms with E-state index in [0.29, 0.717) is 12.1 Å². The molecule has 0 spiro atoms. The summed E-state index contributed by atoms with van der Waals surface area (Å²) in [6.45, 7) is 2.46. The molecule has 1 N–H and O–H groups in total. The Morgan fingerprint density at radius 3 is 2.89 bits per heavy atom. The van der Waals surface area contributed by atoms with Gasteiger partial charge in [-0.25, -0.2) is 4.79 Å². The Kier molecular flexibility index (Phi) is 2.59. The largest absolute Gasteiger partial charge is 0.478 e. The summed E-state index contributed by atoms with van der Waals surface area (Å²) in [5.41, 5.74) is 2.12. The zero-order valence-electron chi connectivity index (χ0n) is 10.3. The van der Waals surface area contributed by atoms with Gasteiger partial charge in [-0.3, -0.25) is 0 Å². The van der Waals surface area contributed by atoms with Crippen LogP contribution in [0.5, 0.6) is 0 Å².